The molecule has 23 heavy (non-hydrogen) atoms. The van der Waals surface area contributed by atoms with E-state index in [1.165, 1.54) is 0 Å². The zero-order valence-electron chi connectivity index (χ0n) is 12.0. The first-order valence-corrected chi connectivity index (χ1v) is 7.96. The Hall–Kier alpha value is -2.80. The molecule has 0 atom stereocenters. The van der Waals surface area contributed by atoms with E-state index >= 15 is 0 Å². The first-order valence-electron chi connectivity index (χ1n) is 6.98. The molecular formula is C16H12N4O2S. The molecule has 4 rings (SSSR count). The summed E-state index contributed by atoms with van der Waals surface area (Å²) in [5.74, 6) is 1.92. The highest BCUT2D eigenvalue weighted by Gasteiger charge is 2.12. The summed E-state index contributed by atoms with van der Waals surface area (Å²) in [4.78, 5) is 0. The van der Waals surface area contributed by atoms with Gasteiger partial charge < -0.3 is 8.94 Å². The molecule has 4 aromatic rings. The van der Waals surface area contributed by atoms with Gasteiger partial charge in [-0.1, -0.05) is 35.1 Å². The zero-order valence-corrected chi connectivity index (χ0v) is 12.8. The Morgan fingerprint density at radius 2 is 1.96 bits per heavy atom. The van der Waals surface area contributed by atoms with Crippen LogP contribution in [0.2, 0.25) is 0 Å². The molecule has 1 aromatic carbocycles. The third kappa shape index (κ3) is 2.91. The number of furan rings is 1. The van der Waals surface area contributed by atoms with Gasteiger partial charge in [0.2, 0.25) is 5.76 Å². The second kappa shape index (κ2) is 6.13. The van der Waals surface area contributed by atoms with Crippen molar-refractivity contribution < 1.29 is 8.94 Å². The van der Waals surface area contributed by atoms with Crippen molar-refractivity contribution in [1.82, 2.24) is 19.9 Å². The number of para-hydroxylation sites is 1. The van der Waals surface area contributed by atoms with Crippen molar-refractivity contribution in [2.75, 3.05) is 0 Å². The molecule has 7 heteroatoms. The fraction of sp³-hybridized carbons (Fsp3) is 0.0625. The topological polar surface area (TPSA) is 69.9 Å². The third-order valence-corrected chi connectivity index (χ3v) is 4.20. The van der Waals surface area contributed by atoms with E-state index in [4.69, 9.17) is 8.94 Å². The van der Waals surface area contributed by atoms with E-state index < -0.39 is 0 Å². The molecule has 0 saturated heterocycles. The molecule has 6 nitrogen and oxygen atoms in total. The van der Waals surface area contributed by atoms with E-state index in [2.05, 4.69) is 15.4 Å². The van der Waals surface area contributed by atoms with Crippen LogP contribution in [0.15, 0.2) is 75.2 Å². The Kier molecular flexibility index (Phi) is 3.69. The van der Waals surface area contributed by atoms with Crippen molar-refractivity contribution in [2.45, 2.75) is 10.9 Å². The molecule has 0 spiro atoms. The van der Waals surface area contributed by atoms with E-state index in [0.717, 1.165) is 16.5 Å². The molecular weight excluding hydrogens is 312 g/mol. The molecule has 0 radical (unpaired) electrons. The Morgan fingerprint density at radius 1 is 1.04 bits per heavy atom. The van der Waals surface area contributed by atoms with Crippen LogP contribution in [0.4, 0.5) is 0 Å². The van der Waals surface area contributed by atoms with Crippen LogP contribution < -0.4 is 0 Å². The van der Waals surface area contributed by atoms with Gasteiger partial charge in [0, 0.05) is 17.5 Å². The molecule has 0 fully saturated rings. The van der Waals surface area contributed by atoms with Gasteiger partial charge in [0.1, 0.15) is 6.33 Å². The summed E-state index contributed by atoms with van der Waals surface area (Å²) in [6, 6.07) is 15.5. The zero-order chi connectivity index (χ0) is 15.5. The maximum absolute atomic E-state index is 5.29. The molecule has 0 N–H and O–H groups in total. The molecule has 0 unspecified atom stereocenters. The molecule has 114 valence electrons. The predicted molar refractivity (Wildman–Crippen MR) is 85.1 cm³/mol. The van der Waals surface area contributed by atoms with Gasteiger partial charge >= 0.3 is 0 Å². The number of hydrogen-bond acceptors (Lipinski definition) is 6. The van der Waals surface area contributed by atoms with Crippen LogP contribution in [0, 0.1) is 0 Å². The first-order chi connectivity index (χ1) is 11.4. The summed E-state index contributed by atoms with van der Waals surface area (Å²) in [6.07, 6.45) is 3.31. The minimum Gasteiger partial charge on any atom is -0.461 e. The van der Waals surface area contributed by atoms with E-state index in [1.807, 2.05) is 53.1 Å². The molecule has 0 aliphatic heterocycles. The summed E-state index contributed by atoms with van der Waals surface area (Å²) in [5, 5.41) is 13.0. The van der Waals surface area contributed by atoms with Crippen LogP contribution in [0.25, 0.3) is 17.2 Å². The molecule has 0 aliphatic carbocycles. The van der Waals surface area contributed by atoms with Gasteiger partial charge in [-0.2, -0.15) is 0 Å². The van der Waals surface area contributed by atoms with Crippen LogP contribution in [0.3, 0.4) is 0 Å². The maximum atomic E-state index is 5.29. The standard InChI is InChI=1S/C16H12N4O2S/c1-2-5-13(6-3-1)20-11-17-18-16(20)23-10-12-9-15(22-19-12)14-7-4-8-21-14/h1-9,11H,10H2. The van der Waals surface area contributed by atoms with E-state index in [-0.39, 0.29) is 0 Å². The number of thioether (sulfide) groups is 1. The lowest BCUT2D eigenvalue weighted by atomic mass is 10.3. The van der Waals surface area contributed by atoms with Crippen LogP contribution >= 0.6 is 11.8 Å². The molecule has 0 saturated carbocycles. The molecule has 3 aromatic heterocycles. The number of hydrogen-bond donors (Lipinski definition) is 0. The largest absolute Gasteiger partial charge is 0.461 e. The van der Waals surface area contributed by atoms with E-state index in [0.29, 0.717) is 17.3 Å². The maximum Gasteiger partial charge on any atom is 0.202 e. The summed E-state index contributed by atoms with van der Waals surface area (Å²) < 4.78 is 12.5. The third-order valence-electron chi connectivity index (χ3n) is 3.22. The van der Waals surface area contributed by atoms with Gasteiger partial charge in [-0.05, 0) is 24.3 Å². The van der Waals surface area contributed by atoms with Gasteiger partial charge in [-0.25, -0.2) is 0 Å². The lowest BCUT2D eigenvalue weighted by Crippen LogP contribution is -1.94. The summed E-state index contributed by atoms with van der Waals surface area (Å²) in [5.41, 5.74) is 1.85. The lowest BCUT2D eigenvalue weighted by molar-refractivity contribution is 0.413. The predicted octanol–water partition coefficient (Wildman–Crippen LogP) is 3.81. The van der Waals surface area contributed by atoms with Crippen LogP contribution in [-0.2, 0) is 5.75 Å². The Labute approximate surface area is 136 Å². The Morgan fingerprint density at radius 3 is 2.78 bits per heavy atom. The molecule has 0 bridgehead atoms. The van der Waals surface area contributed by atoms with Crippen molar-refractivity contribution in [3.63, 3.8) is 0 Å². The highest BCUT2D eigenvalue weighted by Crippen LogP contribution is 2.26. The van der Waals surface area contributed by atoms with Crippen LogP contribution in [-0.4, -0.2) is 19.9 Å². The summed E-state index contributed by atoms with van der Waals surface area (Å²) in [6.45, 7) is 0. The second-order valence-corrected chi connectivity index (χ2v) is 5.71. The number of nitrogens with zero attached hydrogens (tertiary/aromatic N) is 4. The van der Waals surface area contributed by atoms with E-state index in [9.17, 15) is 0 Å². The van der Waals surface area contributed by atoms with Crippen LogP contribution in [0.5, 0.6) is 0 Å². The smallest absolute Gasteiger partial charge is 0.202 e. The van der Waals surface area contributed by atoms with Gasteiger partial charge in [0.15, 0.2) is 10.9 Å². The molecule has 0 aliphatic rings. The summed E-state index contributed by atoms with van der Waals surface area (Å²) >= 11 is 1.55. The average molecular weight is 324 g/mol. The highest BCUT2D eigenvalue weighted by atomic mass is 32.2. The van der Waals surface area contributed by atoms with Crippen LogP contribution in [0.1, 0.15) is 5.69 Å². The quantitative estimate of drug-likeness (QED) is 0.520. The van der Waals surface area contributed by atoms with Gasteiger partial charge in [-0.15, -0.1) is 10.2 Å². The first kappa shape index (κ1) is 13.8. The van der Waals surface area contributed by atoms with Crippen molar-refractivity contribution in [2.24, 2.45) is 0 Å². The normalized spacial score (nSPS) is 11.0. The van der Waals surface area contributed by atoms with Gasteiger partial charge in [-0.3, -0.25) is 4.57 Å². The minimum atomic E-state index is 0.620. The molecule has 0 amide bonds. The van der Waals surface area contributed by atoms with Crippen molar-refractivity contribution in [3.8, 4) is 17.2 Å². The minimum absolute atomic E-state index is 0.620. The fourth-order valence-corrected chi connectivity index (χ4v) is 2.95. The van der Waals surface area contributed by atoms with Crippen molar-refractivity contribution >= 4 is 11.8 Å². The van der Waals surface area contributed by atoms with Crippen molar-refractivity contribution in [3.05, 3.63) is 66.8 Å². The lowest BCUT2D eigenvalue weighted by Gasteiger charge is -2.04. The highest BCUT2D eigenvalue weighted by molar-refractivity contribution is 7.98. The monoisotopic (exact) mass is 324 g/mol. The SMILES string of the molecule is c1ccc(-n2cnnc2SCc2cc(-c3ccco3)on2)cc1. The Bertz CT molecular complexity index is 884. The number of aromatic nitrogens is 4. The summed E-state index contributed by atoms with van der Waals surface area (Å²) in [7, 11) is 0. The Balaban J connectivity index is 1.49. The van der Waals surface area contributed by atoms with Gasteiger partial charge in [0.25, 0.3) is 0 Å². The number of rotatable bonds is 5. The van der Waals surface area contributed by atoms with Crippen molar-refractivity contribution in [1.29, 1.82) is 0 Å². The fourth-order valence-electron chi connectivity index (χ4n) is 2.14. The second-order valence-electron chi connectivity index (χ2n) is 4.77. The van der Waals surface area contributed by atoms with Gasteiger partial charge in [0.05, 0.1) is 12.0 Å². The molecule has 3 heterocycles. The average Bonchev–Trinajstić information content (AvgIpc) is 3.33. The number of benzene rings is 1. The van der Waals surface area contributed by atoms with E-state index in [1.54, 1.807) is 24.4 Å².